The molecule has 162 valence electrons. The van der Waals surface area contributed by atoms with Crippen molar-refractivity contribution in [3.8, 4) is 0 Å². The zero-order valence-electron chi connectivity index (χ0n) is 17.1. The van der Waals surface area contributed by atoms with Gasteiger partial charge >= 0.3 is 6.08 Å². The van der Waals surface area contributed by atoms with E-state index in [4.69, 9.17) is 5.73 Å². The van der Waals surface area contributed by atoms with Crippen LogP contribution in [0.15, 0.2) is 12.1 Å². The van der Waals surface area contributed by atoms with Gasteiger partial charge in [-0.25, -0.2) is 4.98 Å². The Morgan fingerprint density at radius 3 is 2.84 bits per heavy atom. The number of nitrogen functional groups attached to an aromatic ring is 1. The van der Waals surface area contributed by atoms with Gasteiger partial charge in [0, 0.05) is 34.6 Å². The van der Waals surface area contributed by atoms with Gasteiger partial charge in [0.1, 0.15) is 5.82 Å². The summed E-state index contributed by atoms with van der Waals surface area (Å²) in [5, 5.41) is 3.52. The van der Waals surface area contributed by atoms with Gasteiger partial charge in [-0.1, -0.05) is 0 Å². The lowest BCUT2D eigenvalue weighted by Gasteiger charge is -2.11. The summed E-state index contributed by atoms with van der Waals surface area (Å²) in [5.41, 5.74) is 9.78. The van der Waals surface area contributed by atoms with Crippen molar-refractivity contribution in [2.24, 2.45) is 0 Å². The molecule has 0 amide bonds. The topological polar surface area (TPSA) is 98.7 Å². The first-order valence-electron chi connectivity index (χ1n) is 10.8. The zero-order chi connectivity index (χ0) is 21.5. The second-order valence-electron chi connectivity index (χ2n) is 8.37. The van der Waals surface area contributed by atoms with E-state index in [1.165, 1.54) is 12.8 Å². The third-order valence-electron chi connectivity index (χ3n) is 6.03. The molecule has 3 aromatic rings. The molecule has 1 fully saturated rings. The average molecular weight is 534 g/mol. The fourth-order valence-corrected chi connectivity index (χ4v) is 4.93. The van der Waals surface area contributed by atoms with Gasteiger partial charge in [0.25, 0.3) is 0 Å². The summed E-state index contributed by atoms with van der Waals surface area (Å²) in [6.45, 7) is 1.65. The van der Waals surface area contributed by atoms with Gasteiger partial charge in [0.2, 0.25) is 0 Å². The Morgan fingerprint density at radius 1 is 1.19 bits per heavy atom. The summed E-state index contributed by atoms with van der Waals surface area (Å²) >= 11 is 2.31. The highest BCUT2D eigenvalue weighted by Gasteiger charge is 2.23. The number of nitrogens with two attached hydrogens (primary N) is 1. The molecule has 0 spiro atoms. The van der Waals surface area contributed by atoms with E-state index in [0.29, 0.717) is 36.6 Å². The fourth-order valence-electron chi connectivity index (χ4n) is 4.21. The van der Waals surface area contributed by atoms with Crippen LogP contribution in [0.4, 0.5) is 10.2 Å². The SMILES string of the molecule is Nc1nc(F)nc2c1nc(Cc1cc3c(cc1I)CCC3=O)n2CCCCNC1CC1. The highest BCUT2D eigenvalue weighted by molar-refractivity contribution is 14.1. The van der Waals surface area contributed by atoms with Crippen LogP contribution in [0.3, 0.4) is 0 Å². The van der Waals surface area contributed by atoms with Crippen LogP contribution in [0, 0.1) is 9.65 Å². The molecule has 2 heterocycles. The first kappa shape index (κ1) is 20.7. The van der Waals surface area contributed by atoms with Crippen LogP contribution in [0.25, 0.3) is 11.2 Å². The number of anilines is 1. The molecule has 0 aliphatic heterocycles. The number of unbranched alkanes of at least 4 members (excludes halogenated alkanes) is 1. The number of nitrogens with one attached hydrogen (secondary N) is 1. The third-order valence-corrected chi connectivity index (χ3v) is 7.04. The largest absolute Gasteiger partial charge is 0.382 e. The molecule has 7 nitrogen and oxygen atoms in total. The van der Waals surface area contributed by atoms with Gasteiger partial charge in [-0.15, -0.1) is 0 Å². The van der Waals surface area contributed by atoms with Gasteiger partial charge in [-0.05, 0) is 84.5 Å². The monoisotopic (exact) mass is 534 g/mol. The molecule has 5 rings (SSSR count). The number of hydrogen-bond acceptors (Lipinski definition) is 6. The number of Topliss-reactive ketones (excluding diaryl/α,β-unsaturated/α-hetero) is 1. The van der Waals surface area contributed by atoms with Crippen LogP contribution in [0.1, 0.15) is 59.4 Å². The number of halogens is 2. The first-order valence-corrected chi connectivity index (χ1v) is 11.8. The van der Waals surface area contributed by atoms with Crippen LogP contribution in [-0.2, 0) is 19.4 Å². The average Bonchev–Trinajstić information content (AvgIpc) is 3.40. The van der Waals surface area contributed by atoms with Crippen molar-refractivity contribution in [3.63, 3.8) is 0 Å². The van der Waals surface area contributed by atoms with Gasteiger partial charge in [-0.2, -0.15) is 14.4 Å². The lowest BCUT2D eigenvalue weighted by Crippen LogP contribution is -2.18. The van der Waals surface area contributed by atoms with E-state index < -0.39 is 6.08 Å². The van der Waals surface area contributed by atoms with E-state index in [9.17, 15) is 9.18 Å². The van der Waals surface area contributed by atoms with Crippen molar-refractivity contribution in [2.45, 2.75) is 57.5 Å². The number of rotatable bonds is 8. The number of carbonyl (C=O) groups is 1. The number of ketones is 1. The Bertz CT molecular complexity index is 1170. The second kappa shape index (κ2) is 8.42. The van der Waals surface area contributed by atoms with E-state index >= 15 is 0 Å². The van der Waals surface area contributed by atoms with Crippen LogP contribution < -0.4 is 11.1 Å². The lowest BCUT2D eigenvalue weighted by atomic mass is 10.0. The number of hydrogen-bond donors (Lipinski definition) is 2. The second-order valence-corrected chi connectivity index (χ2v) is 9.53. The number of fused-ring (bicyclic) bond motifs is 2. The highest BCUT2D eigenvalue weighted by atomic mass is 127. The molecule has 0 radical (unpaired) electrons. The van der Waals surface area contributed by atoms with Gasteiger partial charge < -0.3 is 15.6 Å². The molecule has 3 N–H and O–H groups in total. The molecular formula is C22H24FIN6O. The minimum Gasteiger partial charge on any atom is -0.382 e. The van der Waals surface area contributed by atoms with E-state index in [-0.39, 0.29) is 11.6 Å². The Labute approximate surface area is 193 Å². The molecule has 9 heteroatoms. The molecule has 31 heavy (non-hydrogen) atoms. The summed E-state index contributed by atoms with van der Waals surface area (Å²) in [6, 6.07) is 4.78. The molecular weight excluding hydrogens is 510 g/mol. The van der Waals surface area contributed by atoms with Crippen molar-refractivity contribution in [1.82, 2.24) is 24.8 Å². The van der Waals surface area contributed by atoms with Crippen molar-refractivity contribution in [2.75, 3.05) is 12.3 Å². The van der Waals surface area contributed by atoms with E-state index in [1.54, 1.807) is 0 Å². The molecule has 2 aliphatic rings. The Morgan fingerprint density at radius 2 is 2.03 bits per heavy atom. The number of nitrogens with zero attached hydrogens (tertiary/aromatic N) is 4. The van der Waals surface area contributed by atoms with E-state index in [0.717, 1.165) is 51.9 Å². The summed E-state index contributed by atoms with van der Waals surface area (Å²) < 4.78 is 17.0. The fraction of sp³-hybridized carbons (Fsp3) is 0.455. The summed E-state index contributed by atoms with van der Waals surface area (Å²) in [5.74, 6) is 1.01. The lowest BCUT2D eigenvalue weighted by molar-refractivity contribution is 0.0994. The summed E-state index contributed by atoms with van der Waals surface area (Å²) in [6.07, 6.45) is 5.55. The molecule has 1 saturated carbocycles. The number of carbonyl (C=O) groups excluding carboxylic acids is 1. The zero-order valence-corrected chi connectivity index (χ0v) is 19.3. The normalized spacial score (nSPS) is 15.7. The number of aryl methyl sites for hydroxylation is 2. The van der Waals surface area contributed by atoms with Crippen molar-refractivity contribution in [1.29, 1.82) is 0 Å². The quantitative estimate of drug-likeness (QED) is 0.261. The maximum atomic E-state index is 13.9. The van der Waals surface area contributed by atoms with Crippen LogP contribution >= 0.6 is 22.6 Å². The molecule has 0 unspecified atom stereocenters. The molecule has 0 saturated heterocycles. The number of benzene rings is 1. The van der Waals surface area contributed by atoms with E-state index in [2.05, 4.69) is 48.9 Å². The van der Waals surface area contributed by atoms with Crippen LogP contribution in [-0.4, -0.2) is 37.9 Å². The number of imidazole rings is 1. The Balaban J connectivity index is 1.45. The highest BCUT2D eigenvalue weighted by Crippen LogP contribution is 2.29. The minimum absolute atomic E-state index is 0.0525. The summed E-state index contributed by atoms with van der Waals surface area (Å²) in [7, 11) is 0. The standard InChI is InChI=1S/C22H24FIN6O/c23-22-28-20(25)19-21(29-22)30(8-2-1-7-26-14-4-5-14)18(27-19)11-13-9-15-12(10-16(13)24)3-6-17(15)31/h9-10,14,26H,1-8,11H2,(H2,25,28,29). The van der Waals surface area contributed by atoms with Crippen LogP contribution in [0.5, 0.6) is 0 Å². The van der Waals surface area contributed by atoms with E-state index in [1.807, 2.05) is 10.6 Å². The summed E-state index contributed by atoms with van der Waals surface area (Å²) in [4.78, 5) is 24.5. The molecule has 0 bridgehead atoms. The molecule has 2 aromatic heterocycles. The predicted octanol–water partition coefficient (Wildman–Crippen LogP) is 3.40. The molecule has 1 aromatic carbocycles. The molecule has 2 aliphatic carbocycles. The number of aromatic nitrogens is 4. The first-order chi connectivity index (χ1) is 15.0. The third kappa shape index (κ3) is 4.30. The maximum absolute atomic E-state index is 13.9. The predicted molar refractivity (Wildman–Crippen MR) is 125 cm³/mol. The maximum Gasteiger partial charge on any atom is 0.312 e. The van der Waals surface area contributed by atoms with Gasteiger partial charge in [-0.3, -0.25) is 4.79 Å². The molecule has 0 atom stereocenters. The van der Waals surface area contributed by atoms with Gasteiger partial charge in [0.15, 0.2) is 22.8 Å². The van der Waals surface area contributed by atoms with Crippen molar-refractivity contribution in [3.05, 3.63) is 44.3 Å². The Hall–Kier alpha value is -2.14. The van der Waals surface area contributed by atoms with Gasteiger partial charge in [0.05, 0.1) is 0 Å². The van der Waals surface area contributed by atoms with Crippen molar-refractivity contribution >= 4 is 45.4 Å². The smallest absolute Gasteiger partial charge is 0.312 e. The van der Waals surface area contributed by atoms with Crippen LogP contribution in [0.2, 0.25) is 0 Å². The Kier molecular flexibility index (Phi) is 5.63. The minimum atomic E-state index is -0.842. The van der Waals surface area contributed by atoms with Crippen molar-refractivity contribution < 1.29 is 9.18 Å².